The van der Waals surface area contributed by atoms with E-state index in [2.05, 4.69) is 19.8 Å². The fourth-order valence-electron chi connectivity index (χ4n) is 2.52. The van der Waals surface area contributed by atoms with Gasteiger partial charge in [0.1, 0.15) is 10.0 Å². The van der Waals surface area contributed by atoms with Gasteiger partial charge in [-0.2, -0.15) is 4.31 Å². The minimum atomic E-state index is -3.60. The van der Waals surface area contributed by atoms with Crippen LogP contribution < -0.4 is 0 Å². The van der Waals surface area contributed by atoms with Gasteiger partial charge in [0.05, 0.1) is 18.1 Å². The van der Waals surface area contributed by atoms with Crippen LogP contribution in [-0.2, 0) is 20.5 Å². The molecule has 0 spiro atoms. The van der Waals surface area contributed by atoms with Gasteiger partial charge in [0.2, 0.25) is 15.9 Å². The summed E-state index contributed by atoms with van der Waals surface area (Å²) in [5.74, 6) is 0.687. The van der Waals surface area contributed by atoms with Gasteiger partial charge < -0.3 is 9.15 Å². The third-order valence-electron chi connectivity index (χ3n) is 3.94. The number of aromatic nitrogens is 4. The maximum absolute atomic E-state index is 12.8. The number of hydrogen-bond donors (Lipinski definition) is 0. The van der Waals surface area contributed by atoms with Crippen LogP contribution in [0.5, 0.6) is 0 Å². The maximum atomic E-state index is 12.8. The molecule has 28 heavy (non-hydrogen) atoms. The fourth-order valence-corrected chi connectivity index (χ4v) is 5.47. The summed E-state index contributed by atoms with van der Waals surface area (Å²) in [5.41, 5.74) is 1.18. The Morgan fingerprint density at radius 1 is 1.21 bits per heavy atom. The molecule has 3 aromatic rings. The quantitative estimate of drug-likeness (QED) is 0.513. The van der Waals surface area contributed by atoms with E-state index in [0.717, 1.165) is 11.5 Å². The summed E-state index contributed by atoms with van der Waals surface area (Å²) in [6.45, 7) is 1.45. The zero-order valence-corrected chi connectivity index (χ0v) is 17.5. The third-order valence-corrected chi connectivity index (χ3v) is 7.65. The van der Waals surface area contributed by atoms with Gasteiger partial charge >= 0.3 is 0 Å². The molecule has 1 saturated heterocycles. The molecule has 1 aliphatic heterocycles. The normalized spacial score (nSPS) is 15.8. The first kappa shape index (κ1) is 19.7. The molecule has 0 bridgehead atoms. The van der Waals surface area contributed by atoms with E-state index in [-0.39, 0.29) is 10.8 Å². The lowest BCUT2D eigenvalue weighted by atomic mass is 10.2. The zero-order valence-electron chi connectivity index (χ0n) is 14.3. The van der Waals surface area contributed by atoms with E-state index < -0.39 is 10.0 Å². The average Bonchev–Trinajstić information content (AvgIpc) is 3.36. The molecule has 4 rings (SSSR count). The zero-order chi connectivity index (χ0) is 19.6. The van der Waals surface area contributed by atoms with Gasteiger partial charge in [0.25, 0.3) is 5.22 Å². The number of rotatable bonds is 6. The van der Waals surface area contributed by atoms with E-state index in [4.69, 9.17) is 20.8 Å². The molecule has 13 heteroatoms. The number of ether oxygens (including phenoxy) is 1. The van der Waals surface area contributed by atoms with E-state index in [1.54, 1.807) is 18.2 Å². The Kier molecular flexibility index (Phi) is 5.94. The highest BCUT2D eigenvalue weighted by Gasteiger charge is 2.27. The van der Waals surface area contributed by atoms with Gasteiger partial charge in [-0.25, -0.2) is 8.42 Å². The minimum absolute atomic E-state index is 0.180. The van der Waals surface area contributed by atoms with E-state index in [9.17, 15) is 8.42 Å². The second-order valence-corrected chi connectivity index (χ2v) is 9.92. The molecule has 1 aliphatic rings. The molecule has 9 nitrogen and oxygen atoms in total. The SMILES string of the molecule is O=S(=O)(c1cccc(-c2nnc(SCc3nnsc3Cl)o2)c1)N1CCOCC1. The van der Waals surface area contributed by atoms with Crippen molar-refractivity contribution < 1.29 is 17.6 Å². The highest BCUT2D eigenvalue weighted by atomic mass is 35.5. The van der Waals surface area contributed by atoms with E-state index in [0.29, 0.717) is 52.9 Å². The Morgan fingerprint density at radius 3 is 2.79 bits per heavy atom. The number of hydrogen-bond acceptors (Lipinski definition) is 10. The van der Waals surface area contributed by atoms with Crippen LogP contribution in [0.25, 0.3) is 11.5 Å². The first-order valence-corrected chi connectivity index (χ1v) is 11.7. The lowest BCUT2D eigenvalue weighted by Crippen LogP contribution is -2.40. The highest BCUT2D eigenvalue weighted by molar-refractivity contribution is 7.98. The minimum Gasteiger partial charge on any atom is -0.411 e. The van der Waals surface area contributed by atoms with Crippen molar-refractivity contribution in [1.29, 1.82) is 0 Å². The predicted octanol–water partition coefficient (Wildman–Crippen LogP) is 2.55. The molecule has 0 saturated carbocycles. The Bertz CT molecular complexity index is 1070. The second-order valence-electron chi connectivity index (χ2n) is 5.70. The topological polar surface area (TPSA) is 111 Å². The van der Waals surface area contributed by atoms with Crippen LogP contribution in [-0.4, -0.2) is 58.8 Å². The number of benzene rings is 1. The molecule has 0 N–H and O–H groups in total. The Labute approximate surface area is 174 Å². The molecule has 2 aromatic heterocycles. The van der Waals surface area contributed by atoms with Crippen LogP contribution >= 0.6 is 34.9 Å². The van der Waals surface area contributed by atoms with Crippen molar-refractivity contribution >= 4 is 44.9 Å². The lowest BCUT2D eigenvalue weighted by Gasteiger charge is -2.26. The molecule has 3 heterocycles. The van der Waals surface area contributed by atoms with E-state index in [1.165, 1.54) is 22.1 Å². The summed E-state index contributed by atoms with van der Waals surface area (Å²) >= 11 is 8.37. The van der Waals surface area contributed by atoms with Crippen LogP contribution in [0.4, 0.5) is 0 Å². The van der Waals surface area contributed by atoms with Gasteiger partial charge in [0, 0.05) is 35.9 Å². The molecule has 0 unspecified atom stereocenters. The van der Waals surface area contributed by atoms with Gasteiger partial charge in [-0.15, -0.1) is 15.3 Å². The van der Waals surface area contributed by atoms with Crippen LogP contribution in [0, 0.1) is 0 Å². The van der Waals surface area contributed by atoms with Crippen LogP contribution in [0.2, 0.25) is 4.34 Å². The molecule has 148 valence electrons. The van der Waals surface area contributed by atoms with Crippen molar-refractivity contribution in [3.8, 4) is 11.5 Å². The standard InChI is InChI=1S/C15H14ClN5O4S3/c16-13-12(17-20-27-13)9-26-15-19-18-14(25-15)10-2-1-3-11(8-10)28(22,23)21-4-6-24-7-5-21/h1-3,8H,4-7,9H2. The van der Waals surface area contributed by atoms with E-state index in [1.807, 2.05) is 0 Å². The van der Waals surface area contributed by atoms with Gasteiger partial charge in [-0.1, -0.05) is 33.9 Å². The molecule has 0 amide bonds. The largest absolute Gasteiger partial charge is 0.411 e. The molecule has 0 radical (unpaired) electrons. The van der Waals surface area contributed by atoms with Crippen LogP contribution in [0.3, 0.4) is 0 Å². The Morgan fingerprint density at radius 2 is 2.04 bits per heavy atom. The molecular formula is C15H14ClN5O4S3. The first-order chi connectivity index (χ1) is 13.5. The van der Waals surface area contributed by atoms with Crippen molar-refractivity contribution in [2.45, 2.75) is 15.9 Å². The third kappa shape index (κ3) is 4.21. The predicted molar refractivity (Wildman–Crippen MR) is 104 cm³/mol. The second kappa shape index (κ2) is 8.43. The van der Waals surface area contributed by atoms with Gasteiger partial charge in [-0.05, 0) is 18.2 Å². The Balaban J connectivity index is 1.51. The number of sulfonamides is 1. The first-order valence-electron chi connectivity index (χ1n) is 8.15. The summed E-state index contributed by atoms with van der Waals surface area (Å²) in [6, 6.07) is 6.47. The number of morpholine rings is 1. The average molecular weight is 460 g/mol. The highest BCUT2D eigenvalue weighted by Crippen LogP contribution is 2.29. The number of nitrogens with zero attached hydrogens (tertiary/aromatic N) is 5. The van der Waals surface area contributed by atoms with Crippen LogP contribution in [0.15, 0.2) is 38.8 Å². The number of halogens is 1. The summed E-state index contributed by atoms with van der Waals surface area (Å²) in [7, 11) is -3.60. The summed E-state index contributed by atoms with van der Waals surface area (Å²) in [5, 5.41) is 12.3. The van der Waals surface area contributed by atoms with Gasteiger partial charge in [0.15, 0.2) is 0 Å². The van der Waals surface area contributed by atoms with Crippen molar-refractivity contribution in [2.24, 2.45) is 0 Å². The fraction of sp³-hybridized carbons (Fsp3) is 0.333. The van der Waals surface area contributed by atoms with Crippen molar-refractivity contribution in [2.75, 3.05) is 26.3 Å². The van der Waals surface area contributed by atoms with Crippen molar-refractivity contribution in [1.82, 2.24) is 24.1 Å². The molecule has 1 fully saturated rings. The summed E-state index contributed by atoms with van der Waals surface area (Å²) in [4.78, 5) is 0.180. The molecule has 0 aliphatic carbocycles. The van der Waals surface area contributed by atoms with E-state index >= 15 is 0 Å². The molecule has 1 aromatic carbocycles. The Hall–Kier alpha value is -1.57. The summed E-state index contributed by atoms with van der Waals surface area (Å²) < 4.78 is 42.2. The molecule has 0 atom stereocenters. The molecular weight excluding hydrogens is 446 g/mol. The lowest BCUT2D eigenvalue weighted by molar-refractivity contribution is 0.0730. The number of thioether (sulfide) groups is 1. The van der Waals surface area contributed by atoms with Gasteiger partial charge in [-0.3, -0.25) is 0 Å². The monoisotopic (exact) mass is 459 g/mol. The maximum Gasteiger partial charge on any atom is 0.277 e. The smallest absolute Gasteiger partial charge is 0.277 e. The van der Waals surface area contributed by atoms with Crippen molar-refractivity contribution in [3.63, 3.8) is 0 Å². The summed E-state index contributed by atoms with van der Waals surface area (Å²) in [6.07, 6.45) is 0. The van der Waals surface area contributed by atoms with Crippen LogP contribution in [0.1, 0.15) is 5.69 Å². The van der Waals surface area contributed by atoms with Crippen molar-refractivity contribution in [3.05, 3.63) is 34.3 Å².